The summed E-state index contributed by atoms with van der Waals surface area (Å²) in [7, 11) is 0. The first-order chi connectivity index (χ1) is 12.7. The third-order valence-corrected chi connectivity index (χ3v) is 4.64. The molecule has 0 aliphatic rings. The molecule has 0 spiro atoms. The van der Waals surface area contributed by atoms with Gasteiger partial charge in [-0.15, -0.1) is 0 Å². The molecule has 0 aliphatic heterocycles. The summed E-state index contributed by atoms with van der Waals surface area (Å²) in [4.78, 5) is 3.23. The van der Waals surface area contributed by atoms with Crippen LogP contribution in [0.25, 0.3) is 11.1 Å². The Morgan fingerprint density at radius 1 is 0.692 bits per heavy atom. The molecule has 3 aromatic rings. The van der Waals surface area contributed by atoms with Gasteiger partial charge >= 0.3 is 0 Å². The third kappa shape index (κ3) is 4.75. The minimum atomic E-state index is -0.781. The number of halogens is 2. The summed E-state index contributed by atoms with van der Waals surface area (Å²) >= 11 is 0. The smallest absolute Gasteiger partial charge is 0.190 e. The Balaban J connectivity index is 1.62. The first-order valence-corrected chi connectivity index (χ1v) is 9.15. The summed E-state index contributed by atoms with van der Waals surface area (Å²) in [6.07, 6.45) is 4.76. The van der Waals surface area contributed by atoms with Crippen molar-refractivity contribution in [3.63, 3.8) is 0 Å². The Morgan fingerprint density at radius 2 is 1.27 bits per heavy atom. The highest BCUT2D eigenvalue weighted by molar-refractivity contribution is 5.64. The first-order valence-electron chi connectivity index (χ1n) is 9.15. The predicted octanol–water partition coefficient (Wildman–Crippen LogP) is 6.15. The van der Waals surface area contributed by atoms with E-state index in [1.165, 1.54) is 41.7 Å². The molecular weight excluding hydrogens is 328 g/mol. The van der Waals surface area contributed by atoms with Gasteiger partial charge in [0.25, 0.3) is 0 Å². The fourth-order valence-corrected chi connectivity index (χ4v) is 3.02. The topological polar surface area (TPSA) is 12.9 Å². The lowest BCUT2D eigenvalue weighted by Crippen LogP contribution is -1.99. The van der Waals surface area contributed by atoms with Gasteiger partial charge in [-0.25, -0.2) is 0 Å². The molecule has 134 valence electrons. The maximum Gasteiger partial charge on any atom is 0.218 e. The van der Waals surface area contributed by atoms with Gasteiger partial charge in [-0.1, -0.05) is 61.9 Å². The van der Waals surface area contributed by atoms with Crippen LogP contribution in [0.4, 0.5) is 8.78 Å². The van der Waals surface area contributed by atoms with Crippen molar-refractivity contribution in [3.05, 3.63) is 89.2 Å². The van der Waals surface area contributed by atoms with Crippen molar-refractivity contribution in [3.8, 4) is 11.1 Å². The first kappa shape index (κ1) is 18.2. The van der Waals surface area contributed by atoms with E-state index in [0.717, 1.165) is 12.0 Å². The number of aromatic nitrogens is 1. The van der Waals surface area contributed by atoms with Crippen LogP contribution in [0.5, 0.6) is 0 Å². The lowest BCUT2D eigenvalue weighted by atomic mass is 9.99. The highest BCUT2D eigenvalue weighted by Gasteiger charge is 2.06. The van der Waals surface area contributed by atoms with Crippen LogP contribution in [0.1, 0.15) is 36.5 Å². The molecule has 3 heteroatoms. The van der Waals surface area contributed by atoms with Gasteiger partial charge in [-0.3, -0.25) is 0 Å². The second-order valence-corrected chi connectivity index (χ2v) is 6.58. The van der Waals surface area contributed by atoms with Gasteiger partial charge in [-0.2, -0.15) is 13.8 Å². The Labute approximate surface area is 153 Å². The summed E-state index contributed by atoms with van der Waals surface area (Å²) in [5.74, 6) is -1.50. The summed E-state index contributed by atoms with van der Waals surface area (Å²) in [5, 5.41) is 0. The lowest BCUT2D eigenvalue weighted by Gasteiger charge is -2.07. The van der Waals surface area contributed by atoms with Crippen LogP contribution in [0.2, 0.25) is 0 Å². The standard InChI is InChI=1S/C23H23F2N/c1-2-3-4-17-5-10-19(11-6-17)20-12-7-18(8-13-20)9-14-21-15-16-22(24)26-23(21)25/h5-8,10-13,15-16H,2-4,9,14H2,1H3. The Hall–Kier alpha value is -2.55. The predicted molar refractivity (Wildman–Crippen MR) is 102 cm³/mol. The zero-order chi connectivity index (χ0) is 18.4. The highest BCUT2D eigenvalue weighted by atomic mass is 19.1. The highest BCUT2D eigenvalue weighted by Crippen LogP contribution is 2.21. The van der Waals surface area contributed by atoms with E-state index in [-0.39, 0.29) is 0 Å². The number of unbranched alkanes of at least 4 members (excludes halogenated alkanes) is 1. The van der Waals surface area contributed by atoms with E-state index in [0.29, 0.717) is 18.4 Å². The number of pyridine rings is 1. The molecule has 0 amide bonds. The van der Waals surface area contributed by atoms with E-state index in [2.05, 4.69) is 60.4 Å². The zero-order valence-corrected chi connectivity index (χ0v) is 15.0. The molecule has 0 saturated carbocycles. The van der Waals surface area contributed by atoms with Crippen LogP contribution in [0.3, 0.4) is 0 Å². The second-order valence-electron chi connectivity index (χ2n) is 6.58. The van der Waals surface area contributed by atoms with Crippen molar-refractivity contribution in [1.82, 2.24) is 4.98 Å². The fraction of sp³-hybridized carbons (Fsp3) is 0.261. The number of benzene rings is 2. The molecule has 0 atom stereocenters. The molecule has 1 aromatic heterocycles. The largest absolute Gasteiger partial charge is 0.218 e. The van der Waals surface area contributed by atoms with Crippen molar-refractivity contribution < 1.29 is 8.78 Å². The van der Waals surface area contributed by atoms with Gasteiger partial charge in [0.2, 0.25) is 11.9 Å². The van der Waals surface area contributed by atoms with Crippen molar-refractivity contribution in [2.45, 2.75) is 39.0 Å². The van der Waals surface area contributed by atoms with E-state index < -0.39 is 11.9 Å². The molecule has 26 heavy (non-hydrogen) atoms. The van der Waals surface area contributed by atoms with Gasteiger partial charge in [0.05, 0.1) is 0 Å². The average molecular weight is 351 g/mol. The molecule has 0 aliphatic carbocycles. The third-order valence-electron chi connectivity index (χ3n) is 4.64. The molecule has 0 saturated heterocycles. The Morgan fingerprint density at radius 3 is 1.81 bits per heavy atom. The van der Waals surface area contributed by atoms with E-state index in [1.54, 1.807) is 0 Å². The van der Waals surface area contributed by atoms with Crippen molar-refractivity contribution in [2.24, 2.45) is 0 Å². The second kappa shape index (κ2) is 8.70. The van der Waals surface area contributed by atoms with Crippen molar-refractivity contribution >= 4 is 0 Å². The molecular formula is C23H23F2N. The summed E-state index contributed by atoms with van der Waals surface area (Å²) in [6, 6.07) is 19.7. The minimum absolute atomic E-state index is 0.443. The van der Waals surface area contributed by atoms with Gasteiger partial charge in [0.1, 0.15) is 0 Å². The van der Waals surface area contributed by atoms with Gasteiger partial charge in [-0.05, 0) is 60.1 Å². The lowest BCUT2D eigenvalue weighted by molar-refractivity contribution is 0.502. The van der Waals surface area contributed by atoms with Gasteiger partial charge < -0.3 is 0 Å². The molecule has 3 rings (SSSR count). The number of aryl methyl sites for hydroxylation is 3. The molecule has 0 unspecified atom stereocenters. The van der Waals surface area contributed by atoms with Crippen molar-refractivity contribution in [2.75, 3.05) is 0 Å². The zero-order valence-electron chi connectivity index (χ0n) is 15.0. The Kier molecular flexibility index (Phi) is 6.11. The van der Waals surface area contributed by atoms with E-state index in [9.17, 15) is 8.78 Å². The number of rotatable bonds is 7. The van der Waals surface area contributed by atoms with E-state index in [1.807, 2.05) is 0 Å². The van der Waals surface area contributed by atoms with Crippen LogP contribution < -0.4 is 0 Å². The number of hydrogen-bond acceptors (Lipinski definition) is 1. The quantitative estimate of drug-likeness (QED) is 0.465. The molecule has 2 aromatic carbocycles. The normalized spacial score (nSPS) is 10.9. The average Bonchev–Trinajstić information content (AvgIpc) is 2.66. The molecule has 1 heterocycles. The van der Waals surface area contributed by atoms with Crippen LogP contribution in [-0.4, -0.2) is 4.98 Å². The van der Waals surface area contributed by atoms with Crippen LogP contribution in [-0.2, 0) is 19.3 Å². The van der Waals surface area contributed by atoms with E-state index >= 15 is 0 Å². The van der Waals surface area contributed by atoms with Crippen LogP contribution in [0, 0.1) is 11.9 Å². The Bertz CT molecular complexity index is 839. The summed E-state index contributed by atoms with van der Waals surface area (Å²) < 4.78 is 26.4. The maximum atomic E-state index is 13.6. The molecule has 0 radical (unpaired) electrons. The minimum Gasteiger partial charge on any atom is -0.190 e. The molecule has 0 fully saturated rings. The van der Waals surface area contributed by atoms with E-state index in [4.69, 9.17) is 0 Å². The van der Waals surface area contributed by atoms with Gasteiger partial charge in [0.15, 0.2) is 0 Å². The fourth-order valence-electron chi connectivity index (χ4n) is 3.02. The molecule has 0 bridgehead atoms. The van der Waals surface area contributed by atoms with Crippen LogP contribution >= 0.6 is 0 Å². The molecule has 1 nitrogen and oxygen atoms in total. The number of nitrogens with zero attached hydrogens (tertiary/aromatic N) is 1. The molecule has 0 N–H and O–H groups in total. The number of hydrogen-bond donors (Lipinski definition) is 0. The summed E-state index contributed by atoms with van der Waals surface area (Å²) in [5.41, 5.74) is 5.31. The van der Waals surface area contributed by atoms with Crippen molar-refractivity contribution in [1.29, 1.82) is 0 Å². The maximum absolute atomic E-state index is 13.6. The van der Waals surface area contributed by atoms with Gasteiger partial charge in [0, 0.05) is 5.56 Å². The SMILES string of the molecule is CCCCc1ccc(-c2ccc(CCc3ccc(F)nc3F)cc2)cc1. The summed E-state index contributed by atoms with van der Waals surface area (Å²) in [6.45, 7) is 2.21. The monoisotopic (exact) mass is 351 g/mol. The van der Waals surface area contributed by atoms with Crippen LogP contribution in [0.15, 0.2) is 60.7 Å².